The molecule has 0 spiro atoms. The van der Waals surface area contributed by atoms with Crippen molar-refractivity contribution in [2.45, 2.75) is 6.92 Å². The maximum absolute atomic E-state index is 11.3. The van der Waals surface area contributed by atoms with Gasteiger partial charge < -0.3 is 4.74 Å². The molecule has 0 saturated carbocycles. The number of halogens is 1. The molecule has 0 amide bonds. The molecule has 0 aliphatic heterocycles. The normalized spacial score (nSPS) is 10.4. The molecule has 4 nitrogen and oxygen atoms in total. The van der Waals surface area contributed by atoms with E-state index in [0.717, 1.165) is 15.6 Å². The Bertz CT molecular complexity index is 569. The van der Waals surface area contributed by atoms with Crippen molar-refractivity contribution < 1.29 is 9.53 Å². The first-order chi connectivity index (χ1) is 7.61. The van der Waals surface area contributed by atoms with E-state index < -0.39 is 5.97 Å². The first kappa shape index (κ1) is 11.0. The summed E-state index contributed by atoms with van der Waals surface area (Å²) in [4.78, 5) is 19.7. The SMILES string of the molecule is COC(=O)c1cnc2c(Br)cc(C)cc2n1. The predicted molar refractivity (Wildman–Crippen MR) is 63.3 cm³/mol. The molecule has 5 heteroatoms. The number of carbonyl (C=O) groups excluding carboxylic acids is 1. The summed E-state index contributed by atoms with van der Waals surface area (Å²) in [6.45, 7) is 1.96. The van der Waals surface area contributed by atoms with Crippen molar-refractivity contribution in [3.8, 4) is 0 Å². The first-order valence-corrected chi connectivity index (χ1v) is 5.42. The van der Waals surface area contributed by atoms with E-state index in [9.17, 15) is 4.79 Å². The molecule has 0 aliphatic carbocycles. The molecular formula is C11H9BrN2O2. The minimum atomic E-state index is -0.480. The van der Waals surface area contributed by atoms with Gasteiger partial charge in [0.2, 0.25) is 0 Å². The average Bonchev–Trinajstić information content (AvgIpc) is 2.27. The molecule has 0 atom stereocenters. The number of benzene rings is 1. The molecule has 1 aromatic carbocycles. The lowest BCUT2D eigenvalue weighted by Gasteiger charge is -2.03. The third-order valence-corrected chi connectivity index (χ3v) is 2.74. The van der Waals surface area contributed by atoms with Gasteiger partial charge in [0, 0.05) is 4.47 Å². The zero-order valence-electron chi connectivity index (χ0n) is 8.82. The van der Waals surface area contributed by atoms with Crippen LogP contribution < -0.4 is 0 Å². The van der Waals surface area contributed by atoms with Gasteiger partial charge in [-0.2, -0.15) is 0 Å². The highest BCUT2D eigenvalue weighted by molar-refractivity contribution is 9.10. The van der Waals surface area contributed by atoms with Crippen molar-refractivity contribution in [2.75, 3.05) is 7.11 Å². The predicted octanol–water partition coefficient (Wildman–Crippen LogP) is 2.49. The number of aryl methyl sites for hydroxylation is 1. The summed E-state index contributed by atoms with van der Waals surface area (Å²) in [5.41, 5.74) is 2.68. The van der Waals surface area contributed by atoms with Crippen LogP contribution in [0.25, 0.3) is 11.0 Å². The lowest BCUT2D eigenvalue weighted by Crippen LogP contribution is -2.05. The van der Waals surface area contributed by atoms with Crippen LogP contribution in [-0.2, 0) is 4.74 Å². The lowest BCUT2D eigenvalue weighted by molar-refractivity contribution is 0.0594. The summed E-state index contributed by atoms with van der Waals surface area (Å²) >= 11 is 3.41. The van der Waals surface area contributed by atoms with Crippen molar-refractivity contribution in [1.82, 2.24) is 9.97 Å². The molecule has 0 N–H and O–H groups in total. The van der Waals surface area contributed by atoms with Crippen molar-refractivity contribution >= 4 is 32.9 Å². The molecule has 1 heterocycles. The fourth-order valence-corrected chi connectivity index (χ4v) is 2.08. The topological polar surface area (TPSA) is 52.1 Å². The Morgan fingerprint density at radius 3 is 2.88 bits per heavy atom. The highest BCUT2D eigenvalue weighted by Gasteiger charge is 2.10. The smallest absolute Gasteiger partial charge is 0.358 e. The lowest BCUT2D eigenvalue weighted by atomic mass is 10.2. The van der Waals surface area contributed by atoms with E-state index in [2.05, 4.69) is 30.6 Å². The highest BCUT2D eigenvalue weighted by atomic mass is 79.9. The molecule has 0 aliphatic rings. The molecule has 16 heavy (non-hydrogen) atoms. The van der Waals surface area contributed by atoms with Gasteiger partial charge in [-0.05, 0) is 40.5 Å². The zero-order chi connectivity index (χ0) is 11.7. The molecule has 0 unspecified atom stereocenters. The largest absolute Gasteiger partial charge is 0.464 e. The van der Waals surface area contributed by atoms with Gasteiger partial charge in [0.15, 0.2) is 5.69 Å². The molecule has 0 fully saturated rings. The number of hydrogen-bond acceptors (Lipinski definition) is 4. The van der Waals surface area contributed by atoms with Crippen LogP contribution in [0.5, 0.6) is 0 Å². The van der Waals surface area contributed by atoms with E-state index in [0.29, 0.717) is 5.52 Å². The molecule has 0 radical (unpaired) electrons. The van der Waals surface area contributed by atoms with Gasteiger partial charge in [0.05, 0.1) is 18.8 Å². The minimum absolute atomic E-state index is 0.215. The average molecular weight is 281 g/mol. The van der Waals surface area contributed by atoms with Crippen LogP contribution in [0.1, 0.15) is 16.1 Å². The maximum atomic E-state index is 11.3. The van der Waals surface area contributed by atoms with Crippen molar-refractivity contribution in [3.63, 3.8) is 0 Å². The first-order valence-electron chi connectivity index (χ1n) is 4.63. The van der Waals surface area contributed by atoms with E-state index in [1.165, 1.54) is 13.3 Å². The summed E-state index contributed by atoms with van der Waals surface area (Å²) in [6, 6.07) is 3.83. The molecule has 0 bridgehead atoms. The molecule has 2 rings (SSSR count). The van der Waals surface area contributed by atoms with Crippen LogP contribution in [0.15, 0.2) is 22.8 Å². The Morgan fingerprint density at radius 1 is 1.44 bits per heavy atom. The minimum Gasteiger partial charge on any atom is -0.464 e. The zero-order valence-corrected chi connectivity index (χ0v) is 10.4. The molecule has 0 saturated heterocycles. The van der Waals surface area contributed by atoms with Crippen LogP contribution in [0, 0.1) is 6.92 Å². The Hall–Kier alpha value is -1.49. The second-order valence-electron chi connectivity index (χ2n) is 3.36. The number of esters is 1. The van der Waals surface area contributed by atoms with Crippen molar-refractivity contribution in [1.29, 1.82) is 0 Å². The van der Waals surface area contributed by atoms with Crippen LogP contribution in [0.2, 0.25) is 0 Å². The third kappa shape index (κ3) is 1.90. The second-order valence-corrected chi connectivity index (χ2v) is 4.22. The van der Waals surface area contributed by atoms with Gasteiger partial charge in [0.1, 0.15) is 5.52 Å². The molecule has 2 aromatic rings. The Kier molecular flexibility index (Phi) is 2.87. The third-order valence-electron chi connectivity index (χ3n) is 2.14. The van der Waals surface area contributed by atoms with E-state index in [1.807, 2.05) is 19.1 Å². The summed E-state index contributed by atoms with van der Waals surface area (Å²) in [7, 11) is 1.32. The number of fused-ring (bicyclic) bond motifs is 1. The van der Waals surface area contributed by atoms with Gasteiger partial charge >= 0.3 is 5.97 Å². The van der Waals surface area contributed by atoms with E-state index in [1.54, 1.807) is 0 Å². The van der Waals surface area contributed by atoms with Crippen LogP contribution in [0.4, 0.5) is 0 Å². The van der Waals surface area contributed by atoms with Crippen LogP contribution in [-0.4, -0.2) is 23.0 Å². The Labute approximate surface area is 101 Å². The number of carbonyl (C=O) groups is 1. The Morgan fingerprint density at radius 2 is 2.19 bits per heavy atom. The fraction of sp³-hybridized carbons (Fsp3) is 0.182. The summed E-state index contributed by atoms with van der Waals surface area (Å²) in [5.74, 6) is -0.480. The Balaban J connectivity index is 2.66. The summed E-state index contributed by atoms with van der Waals surface area (Å²) < 4.78 is 5.46. The van der Waals surface area contributed by atoms with Crippen LogP contribution in [0.3, 0.4) is 0 Å². The van der Waals surface area contributed by atoms with Gasteiger partial charge in [-0.3, -0.25) is 4.98 Å². The summed E-state index contributed by atoms with van der Waals surface area (Å²) in [5, 5.41) is 0. The van der Waals surface area contributed by atoms with E-state index in [4.69, 9.17) is 0 Å². The van der Waals surface area contributed by atoms with Gasteiger partial charge in [-0.15, -0.1) is 0 Å². The quantitative estimate of drug-likeness (QED) is 0.753. The number of ether oxygens (including phenoxy) is 1. The standard InChI is InChI=1S/C11H9BrN2O2/c1-6-3-7(12)10-8(4-6)14-9(5-13-10)11(15)16-2/h3-5H,1-2H3. The molecule has 1 aromatic heterocycles. The number of methoxy groups -OCH3 is 1. The van der Waals surface area contributed by atoms with Gasteiger partial charge in [-0.25, -0.2) is 9.78 Å². The van der Waals surface area contributed by atoms with Crippen molar-refractivity contribution in [2.24, 2.45) is 0 Å². The highest BCUT2D eigenvalue weighted by Crippen LogP contribution is 2.22. The fourth-order valence-electron chi connectivity index (χ4n) is 1.42. The maximum Gasteiger partial charge on any atom is 0.358 e. The second kappa shape index (κ2) is 4.17. The van der Waals surface area contributed by atoms with E-state index >= 15 is 0 Å². The summed E-state index contributed by atoms with van der Waals surface area (Å²) in [6.07, 6.45) is 1.41. The van der Waals surface area contributed by atoms with E-state index in [-0.39, 0.29) is 5.69 Å². The number of nitrogens with zero attached hydrogens (tertiary/aromatic N) is 2. The van der Waals surface area contributed by atoms with Gasteiger partial charge in [0.25, 0.3) is 0 Å². The number of hydrogen-bond donors (Lipinski definition) is 0. The van der Waals surface area contributed by atoms with Gasteiger partial charge in [-0.1, -0.05) is 0 Å². The molecular weight excluding hydrogens is 272 g/mol. The monoisotopic (exact) mass is 280 g/mol. The van der Waals surface area contributed by atoms with Crippen molar-refractivity contribution in [3.05, 3.63) is 34.1 Å². The number of rotatable bonds is 1. The molecule has 82 valence electrons. The number of aromatic nitrogens is 2. The van der Waals surface area contributed by atoms with Crippen LogP contribution >= 0.6 is 15.9 Å².